The van der Waals surface area contributed by atoms with Crippen molar-refractivity contribution in [3.05, 3.63) is 36.4 Å². The Morgan fingerprint density at radius 1 is 0.857 bits per heavy atom. The number of nitrogens with zero attached hydrogens (tertiary/aromatic N) is 2. The summed E-state index contributed by atoms with van der Waals surface area (Å²) in [5.74, 6) is 0.807. The van der Waals surface area contributed by atoms with E-state index in [4.69, 9.17) is 14.2 Å². The van der Waals surface area contributed by atoms with Gasteiger partial charge in [-0.15, -0.1) is 0 Å². The van der Waals surface area contributed by atoms with Crippen LogP contribution < -0.4 is 14.2 Å². The minimum absolute atomic E-state index is 0.0349. The number of ether oxygens (including phenoxy) is 3. The van der Waals surface area contributed by atoms with E-state index in [1.165, 1.54) is 27.4 Å². The van der Waals surface area contributed by atoms with Gasteiger partial charge in [-0.1, -0.05) is 0 Å². The summed E-state index contributed by atoms with van der Waals surface area (Å²) in [7, 11) is 4.39. The number of aromatic nitrogens is 2. The van der Waals surface area contributed by atoms with E-state index in [9.17, 15) is 15.3 Å². The van der Waals surface area contributed by atoms with Crippen molar-refractivity contribution in [2.75, 3.05) is 27.9 Å². The molecule has 0 spiro atoms. The first-order valence-electron chi connectivity index (χ1n) is 8.53. The quantitative estimate of drug-likeness (QED) is 0.573. The summed E-state index contributed by atoms with van der Waals surface area (Å²) in [4.78, 5) is 0. The molecule has 1 heterocycles. The summed E-state index contributed by atoms with van der Waals surface area (Å²) >= 11 is 0. The summed E-state index contributed by atoms with van der Waals surface area (Å²) in [6.07, 6.45) is 0. The molecule has 0 radical (unpaired) electrons. The molecule has 0 bridgehead atoms. The van der Waals surface area contributed by atoms with Crippen molar-refractivity contribution in [2.45, 2.75) is 6.54 Å². The average Bonchev–Trinajstić information content (AvgIpc) is 3.12. The molecule has 2 aromatic carbocycles. The smallest absolute Gasteiger partial charge is 0.200 e. The van der Waals surface area contributed by atoms with Gasteiger partial charge in [0, 0.05) is 11.1 Å². The fourth-order valence-electron chi connectivity index (χ4n) is 2.93. The number of hydrogen-bond donors (Lipinski definition) is 3. The van der Waals surface area contributed by atoms with Crippen LogP contribution >= 0.6 is 0 Å². The minimum Gasteiger partial charge on any atom is -0.504 e. The fourth-order valence-corrected chi connectivity index (χ4v) is 2.93. The lowest BCUT2D eigenvalue weighted by atomic mass is 10.1. The van der Waals surface area contributed by atoms with Crippen LogP contribution in [0.3, 0.4) is 0 Å². The molecule has 0 fully saturated rings. The summed E-state index contributed by atoms with van der Waals surface area (Å²) in [5, 5.41) is 33.9. The number of phenols is 2. The van der Waals surface area contributed by atoms with Crippen molar-refractivity contribution in [2.24, 2.45) is 0 Å². The highest BCUT2D eigenvalue weighted by atomic mass is 16.5. The number of methoxy groups -OCH3 is 3. The number of aliphatic hydroxyl groups is 1. The van der Waals surface area contributed by atoms with Crippen molar-refractivity contribution in [1.29, 1.82) is 0 Å². The second-order valence-electron chi connectivity index (χ2n) is 5.98. The standard InChI is InChI=1S/C20H22N2O6/c1-26-17-8-12(4-5-16(17)24)15-11-14(21-22(15)6-7-23)13-9-18(27-2)20(25)19(10-13)28-3/h4-5,8-11,23-25H,6-7H2,1-3H3. The Hall–Kier alpha value is -3.39. The topological polar surface area (TPSA) is 106 Å². The molecule has 0 saturated heterocycles. The Labute approximate surface area is 162 Å². The average molecular weight is 386 g/mol. The number of hydrogen-bond acceptors (Lipinski definition) is 7. The van der Waals surface area contributed by atoms with Gasteiger partial charge in [-0.05, 0) is 36.4 Å². The van der Waals surface area contributed by atoms with Gasteiger partial charge in [0.1, 0.15) is 0 Å². The molecule has 3 aromatic rings. The third-order valence-corrected chi connectivity index (χ3v) is 4.34. The van der Waals surface area contributed by atoms with E-state index in [0.29, 0.717) is 17.0 Å². The largest absolute Gasteiger partial charge is 0.504 e. The van der Waals surface area contributed by atoms with Gasteiger partial charge in [0.15, 0.2) is 23.0 Å². The molecule has 0 saturated carbocycles. The molecular weight excluding hydrogens is 364 g/mol. The van der Waals surface area contributed by atoms with Gasteiger partial charge >= 0.3 is 0 Å². The maximum absolute atomic E-state index is 10.1. The highest BCUT2D eigenvalue weighted by Gasteiger charge is 2.17. The minimum atomic E-state index is -0.0917. The SMILES string of the molecule is COc1cc(-c2cc(-c3cc(OC)c(O)c(OC)c3)nn2CCO)ccc1O. The molecule has 8 nitrogen and oxygen atoms in total. The molecule has 0 aliphatic carbocycles. The molecule has 3 rings (SSSR count). The van der Waals surface area contributed by atoms with Crippen molar-refractivity contribution in [3.8, 4) is 51.3 Å². The van der Waals surface area contributed by atoms with E-state index in [0.717, 1.165) is 11.3 Å². The molecule has 0 aliphatic heterocycles. The maximum atomic E-state index is 10.1. The van der Waals surface area contributed by atoms with Gasteiger partial charge in [-0.2, -0.15) is 5.10 Å². The van der Waals surface area contributed by atoms with E-state index in [1.807, 2.05) is 6.07 Å². The Bertz CT molecular complexity index is 958. The molecule has 0 unspecified atom stereocenters. The van der Waals surface area contributed by atoms with Crippen LogP contribution in [0.15, 0.2) is 36.4 Å². The second kappa shape index (κ2) is 8.10. The second-order valence-corrected chi connectivity index (χ2v) is 5.98. The first-order chi connectivity index (χ1) is 13.5. The lowest BCUT2D eigenvalue weighted by molar-refractivity contribution is 0.270. The van der Waals surface area contributed by atoms with Gasteiger partial charge in [0.25, 0.3) is 0 Å². The van der Waals surface area contributed by atoms with E-state index < -0.39 is 0 Å². The Morgan fingerprint density at radius 2 is 1.46 bits per heavy atom. The van der Waals surface area contributed by atoms with Crippen molar-refractivity contribution in [3.63, 3.8) is 0 Å². The van der Waals surface area contributed by atoms with Crippen LogP contribution in [0.1, 0.15) is 0 Å². The lowest BCUT2D eigenvalue weighted by Gasteiger charge is -2.10. The zero-order valence-electron chi connectivity index (χ0n) is 15.8. The first kappa shape index (κ1) is 19.4. The van der Waals surface area contributed by atoms with Gasteiger partial charge in [0.05, 0.1) is 45.9 Å². The highest BCUT2D eigenvalue weighted by molar-refractivity contribution is 5.73. The molecule has 148 valence electrons. The maximum Gasteiger partial charge on any atom is 0.200 e. The summed E-state index contributed by atoms with van der Waals surface area (Å²) in [6.45, 7) is 0.191. The number of aliphatic hydroxyl groups excluding tert-OH is 1. The summed E-state index contributed by atoms with van der Waals surface area (Å²) in [5.41, 5.74) is 2.77. The Kier molecular flexibility index (Phi) is 5.60. The Morgan fingerprint density at radius 3 is 2.04 bits per heavy atom. The van der Waals surface area contributed by atoms with Crippen LogP contribution in [0.4, 0.5) is 0 Å². The first-order valence-corrected chi connectivity index (χ1v) is 8.53. The van der Waals surface area contributed by atoms with Crippen LogP contribution in [-0.2, 0) is 6.54 Å². The molecule has 1 aromatic heterocycles. The zero-order valence-corrected chi connectivity index (χ0v) is 15.8. The highest BCUT2D eigenvalue weighted by Crippen LogP contribution is 2.41. The van der Waals surface area contributed by atoms with E-state index >= 15 is 0 Å². The lowest BCUT2D eigenvalue weighted by Crippen LogP contribution is -2.05. The van der Waals surface area contributed by atoms with E-state index in [2.05, 4.69) is 5.10 Å². The van der Waals surface area contributed by atoms with Crippen molar-refractivity contribution in [1.82, 2.24) is 9.78 Å². The molecule has 8 heteroatoms. The molecule has 0 atom stereocenters. The Balaban J connectivity index is 2.14. The number of rotatable bonds is 7. The molecule has 0 aliphatic rings. The molecule has 0 amide bonds. The van der Waals surface area contributed by atoms with Gasteiger partial charge in [-0.3, -0.25) is 4.68 Å². The molecule has 3 N–H and O–H groups in total. The number of phenolic OH excluding ortho intramolecular Hbond substituents is 2. The van der Waals surface area contributed by atoms with Crippen LogP contribution in [-0.4, -0.2) is 53.0 Å². The van der Waals surface area contributed by atoms with Crippen LogP contribution in [0, 0.1) is 0 Å². The predicted octanol–water partition coefficient (Wildman–Crippen LogP) is 2.65. The fraction of sp³-hybridized carbons (Fsp3) is 0.250. The van der Waals surface area contributed by atoms with Gasteiger partial charge in [0.2, 0.25) is 5.75 Å². The van der Waals surface area contributed by atoms with Gasteiger partial charge in [-0.25, -0.2) is 0 Å². The van der Waals surface area contributed by atoms with Crippen LogP contribution in [0.5, 0.6) is 28.7 Å². The number of aromatic hydroxyl groups is 2. The van der Waals surface area contributed by atoms with Crippen LogP contribution in [0.2, 0.25) is 0 Å². The predicted molar refractivity (Wildman–Crippen MR) is 103 cm³/mol. The van der Waals surface area contributed by atoms with Crippen molar-refractivity contribution < 1.29 is 29.5 Å². The third-order valence-electron chi connectivity index (χ3n) is 4.34. The summed E-state index contributed by atoms with van der Waals surface area (Å²) < 4.78 is 17.3. The molecule has 28 heavy (non-hydrogen) atoms. The van der Waals surface area contributed by atoms with Crippen LogP contribution in [0.25, 0.3) is 22.5 Å². The summed E-state index contributed by atoms with van der Waals surface area (Å²) in [6, 6.07) is 10.1. The number of benzene rings is 2. The van der Waals surface area contributed by atoms with Gasteiger partial charge < -0.3 is 29.5 Å². The van der Waals surface area contributed by atoms with E-state index in [-0.39, 0.29) is 36.1 Å². The van der Waals surface area contributed by atoms with Crippen molar-refractivity contribution >= 4 is 0 Å². The van der Waals surface area contributed by atoms with E-state index in [1.54, 1.807) is 28.9 Å². The normalized spacial score (nSPS) is 10.7. The molecular formula is C20H22N2O6. The third kappa shape index (κ3) is 3.54. The zero-order chi connectivity index (χ0) is 20.3. The monoisotopic (exact) mass is 386 g/mol.